The van der Waals surface area contributed by atoms with Gasteiger partial charge in [-0.3, -0.25) is 0 Å². The molecule has 2 rings (SSSR count). The third kappa shape index (κ3) is 1.83. The molecule has 0 saturated carbocycles. The zero-order valence-electron chi connectivity index (χ0n) is 8.03. The summed E-state index contributed by atoms with van der Waals surface area (Å²) in [6.07, 6.45) is 1.92. The summed E-state index contributed by atoms with van der Waals surface area (Å²) in [5.41, 5.74) is 1.31. The fourth-order valence-electron chi connectivity index (χ4n) is 1.53. The van der Waals surface area contributed by atoms with Crippen LogP contribution in [0.3, 0.4) is 0 Å². The van der Waals surface area contributed by atoms with Crippen LogP contribution in [0, 0.1) is 0 Å². The summed E-state index contributed by atoms with van der Waals surface area (Å²) in [6.45, 7) is 6.99. The maximum atomic E-state index is 3.82. The molecule has 0 radical (unpaired) electrons. The van der Waals surface area contributed by atoms with Crippen LogP contribution in [0.15, 0.2) is 30.8 Å². The second-order valence-corrected chi connectivity index (χ2v) is 3.92. The highest BCUT2D eigenvalue weighted by molar-refractivity contribution is 7.18. The molecule has 0 amide bonds. The van der Waals surface area contributed by atoms with E-state index >= 15 is 0 Å². The third-order valence-corrected chi connectivity index (χ3v) is 3.29. The van der Waals surface area contributed by atoms with Crippen LogP contribution in [0.1, 0.15) is 11.9 Å². The topological polar surface area (TPSA) is 3.88 Å². The van der Waals surface area contributed by atoms with Gasteiger partial charge in [0.05, 0.1) is 0 Å². The molecular weight excluding hydrogens is 305 g/mol. The van der Waals surface area contributed by atoms with Gasteiger partial charge in [0, 0.05) is 12.1 Å². The number of halogens is 1. The molecular formula is C11H12INS. The Labute approximate surface area is 105 Å². The lowest BCUT2D eigenvalue weighted by atomic mass is 10.3. The van der Waals surface area contributed by atoms with E-state index in [-0.39, 0.29) is 24.0 Å². The van der Waals surface area contributed by atoms with Crippen molar-refractivity contribution in [3.63, 3.8) is 0 Å². The van der Waals surface area contributed by atoms with Crippen molar-refractivity contribution in [1.29, 1.82) is 0 Å². The quantitative estimate of drug-likeness (QED) is 0.536. The molecule has 1 nitrogen and oxygen atoms in total. The highest BCUT2D eigenvalue weighted by Gasteiger charge is 2.14. The molecule has 0 aliphatic rings. The van der Waals surface area contributed by atoms with E-state index in [2.05, 4.69) is 42.3 Å². The van der Waals surface area contributed by atoms with Crippen LogP contribution in [0.2, 0.25) is 0 Å². The Bertz CT molecular complexity index is 447. The largest absolute Gasteiger partial charge is 1.00 e. The molecule has 1 aromatic carbocycles. The van der Waals surface area contributed by atoms with Crippen LogP contribution in [-0.4, -0.2) is 0 Å². The van der Waals surface area contributed by atoms with E-state index < -0.39 is 0 Å². The van der Waals surface area contributed by atoms with Crippen molar-refractivity contribution in [2.75, 3.05) is 0 Å². The van der Waals surface area contributed by atoms with E-state index in [1.165, 1.54) is 15.2 Å². The number of fused-ring (bicyclic) bond motifs is 1. The van der Waals surface area contributed by atoms with Gasteiger partial charge in [0.15, 0.2) is 0 Å². The number of thiazole rings is 1. The van der Waals surface area contributed by atoms with Crippen LogP contribution in [0.4, 0.5) is 0 Å². The number of nitrogens with zero attached hydrogens (tertiary/aromatic N) is 1. The summed E-state index contributed by atoms with van der Waals surface area (Å²) in [7, 11) is 0. The summed E-state index contributed by atoms with van der Waals surface area (Å²) >= 11 is 1.79. The van der Waals surface area contributed by atoms with Gasteiger partial charge in [-0.05, 0) is 13.0 Å². The van der Waals surface area contributed by atoms with Crippen molar-refractivity contribution in [3.05, 3.63) is 35.9 Å². The molecule has 0 fully saturated rings. The molecule has 3 heteroatoms. The number of aromatic nitrogens is 1. The highest BCUT2D eigenvalue weighted by Crippen LogP contribution is 2.20. The van der Waals surface area contributed by atoms with E-state index in [9.17, 15) is 0 Å². The number of para-hydroxylation sites is 1. The maximum Gasteiger partial charge on any atom is 0.262 e. The first kappa shape index (κ1) is 11.7. The van der Waals surface area contributed by atoms with Gasteiger partial charge < -0.3 is 24.0 Å². The lowest BCUT2D eigenvalue weighted by Crippen LogP contribution is -3.00. The highest BCUT2D eigenvalue weighted by atomic mass is 127. The van der Waals surface area contributed by atoms with Crippen molar-refractivity contribution < 1.29 is 28.5 Å². The molecule has 0 aliphatic heterocycles. The Balaban J connectivity index is 0.000000980. The second kappa shape index (κ2) is 4.89. The number of aryl methyl sites for hydroxylation is 1. The van der Waals surface area contributed by atoms with E-state index in [0.717, 1.165) is 6.54 Å². The third-order valence-electron chi connectivity index (χ3n) is 2.13. The average molecular weight is 317 g/mol. The van der Waals surface area contributed by atoms with Crippen molar-refractivity contribution >= 4 is 27.6 Å². The lowest BCUT2D eigenvalue weighted by molar-refractivity contribution is -0.665. The Kier molecular flexibility index (Phi) is 4.07. The fourth-order valence-corrected chi connectivity index (χ4v) is 2.61. The van der Waals surface area contributed by atoms with Gasteiger partial charge in [-0.15, -0.1) is 0 Å². The predicted octanol–water partition coefficient (Wildman–Crippen LogP) is -0.144. The van der Waals surface area contributed by atoms with Crippen molar-refractivity contribution in [2.45, 2.75) is 13.5 Å². The first-order valence-electron chi connectivity index (χ1n) is 4.40. The lowest BCUT2D eigenvalue weighted by Gasteiger charge is -1.89. The predicted molar refractivity (Wildman–Crippen MR) is 57.8 cm³/mol. The summed E-state index contributed by atoms with van der Waals surface area (Å²) in [6, 6.07) is 8.46. The van der Waals surface area contributed by atoms with Crippen LogP contribution in [-0.2, 0) is 6.54 Å². The monoisotopic (exact) mass is 317 g/mol. The van der Waals surface area contributed by atoms with Crippen LogP contribution in [0.5, 0.6) is 0 Å². The van der Waals surface area contributed by atoms with E-state index in [4.69, 9.17) is 0 Å². The smallest absolute Gasteiger partial charge is 0.262 e. The molecule has 0 aliphatic carbocycles. The Hall–Kier alpha value is -0.420. The molecule has 1 aromatic heterocycles. The zero-order chi connectivity index (χ0) is 9.26. The minimum atomic E-state index is 0. The van der Waals surface area contributed by atoms with Crippen molar-refractivity contribution in [1.82, 2.24) is 0 Å². The first-order valence-corrected chi connectivity index (χ1v) is 5.22. The van der Waals surface area contributed by atoms with Gasteiger partial charge in [-0.1, -0.05) is 30.0 Å². The molecule has 74 valence electrons. The van der Waals surface area contributed by atoms with E-state index in [1.54, 1.807) is 11.3 Å². The molecule has 0 spiro atoms. The average Bonchev–Trinajstić information content (AvgIpc) is 2.55. The Morgan fingerprint density at radius 2 is 2.14 bits per heavy atom. The molecule has 0 bridgehead atoms. The van der Waals surface area contributed by atoms with Gasteiger partial charge in [0.1, 0.15) is 11.2 Å². The molecule has 0 atom stereocenters. The number of rotatable bonds is 2. The van der Waals surface area contributed by atoms with Crippen molar-refractivity contribution in [2.24, 2.45) is 0 Å². The Morgan fingerprint density at radius 3 is 2.79 bits per heavy atom. The molecule has 0 unspecified atom stereocenters. The SMILES string of the molecule is C=Cc1sc2ccccc2[n+]1CC.[I-]. The summed E-state index contributed by atoms with van der Waals surface area (Å²) in [4.78, 5) is 0. The van der Waals surface area contributed by atoms with Gasteiger partial charge in [0.25, 0.3) is 5.01 Å². The minimum Gasteiger partial charge on any atom is -1.00 e. The van der Waals surface area contributed by atoms with Crippen LogP contribution in [0.25, 0.3) is 16.3 Å². The Morgan fingerprint density at radius 1 is 1.43 bits per heavy atom. The first-order chi connectivity index (χ1) is 6.36. The molecule has 1 heterocycles. The van der Waals surface area contributed by atoms with E-state index in [1.807, 2.05) is 6.08 Å². The molecule has 0 N–H and O–H groups in total. The van der Waals surface area contributed by atoms with Crippen LogP contribution >= 0.6 is 11.3 Å². The van der Waals surface area contributed by atoms with Gasteiger partial charge >= 0.3 is 0 Å². The summed E-state index contributed by atoms with van der Waals surface area (Å²) in [5, 5.41) is 1.24. The van der Waals surface area contributed by atoms with Gasteiger partial charge in [-0.25, -0.2) is 0 Å². The summed E-state index contributed by atoms with van der Waals surface area (Å²) < 4.78 is 3.62. The van der Waals surface area contributed by atoms with Crippen molar-refractivity contribution in [3.8, 4) is 0 Å². The second-order valence-electron chi connectivity index (χ2n) is 2.86. The standard InChI is InChI=1S/C11H12NS.HI/c1-3-11-12(4-2)9-7-5-6-8-10(9)13-11;/h3,5-8H,1,4H2,2H3;1H/q+1;/p-1. The van der Waals surface area contributed by atoms with E-state index in [0.29, 0.717) is 0 Å². The minimum absolute atomic E-state index is 0. The van der Waals surface area contributed by atoms with Gasteiger partial charge in [-0.2, -0.15) is 4.57 Å². The number of hydrogen-bond acceptors (Lipinski definition) is 1. The number of hydrogen-bond donors (Lipinski definition) is 0. The van der Waals surface area contributed by atoms with Crippen LogP contribution < -0.4 is 28.5 Å². The molecule has 0 saturated heterocycles. The van der Waals surface area contributed by atoms with Gasteiger partial charge in [0.2, 0.25) is 5.52 Å². The molecule has 14 heavy (non-hydrogen) atoms. The number of benzene rings is 1. The zero-order valence-corrected chi connectivity index (χ0v) is 11.0. The summed E-state index contributed by atoms with van der Waals surface area (Å²) in [5.74, 6) is 0. The normalized spacial score (nSPS) is 9.79. The fraction of sp³-hybridized carbons (Fsp3) is 0.182. The molecule has 2 aromatic rings. The maximum absolute atomic E-state index is 3.82.